The lowest BCUT2D eigenvalue weighted by Gasteiger charge is -2.16. The predicted molar refractivity (Wildman–Crippen MR) is 179 cm³/mol. The molecule has 0 amide bonds. The Balaban J connectivity index is 1.75. The van der Waals surface area contributed by atoms with Gasteiger partial charge in [-0.25, -0.2) is 39.6 Å². The quantitative estimate of drug-likeness (QED) is 0.0933. The molecule has 0 saturated heterocycles. The largest absolute Gasteiger partial charge is 0.465 e. The highest BCUT2D eigenvalue weighted by Gasteiger charge is 2.31. The monoisotopic (exact) mass is 713 g/mol. The van der Waals surface area contributed by atoms with Crippen LogP contribution in [0.3, 0.4) is 0 Å². The van der Waals surface area contributed by atoms with E-state index in [0.29, 0.717) is 0 Å². The third kappa shape index (κ3) is 5.75. The van der Waals surface area contributed by atoms with Crippen LogP contribution < -0.4 is 0 Å². The van der Waals surface area contributed by atoms with E-state index in [1.807, 2.05) is 6.07 Å². The number of alkyl halides is 2. The van der Waals surface area contributed by atoms with Gasteiger partial charge in [-0.3, -0.25) is 0 Å². The van der Waals surface area contributed by atoms with Crippen LogP contribution in [0.15, 0.2) is 102 Å². The second-order valence-corrected chi connectivity index (χ2v) is 13.0. The van der Waals surface area contributed by atoms with Gasteiger partial charge < -0.3 is 4.74 Å². The zero-order valence-corrected chi connectivity index (χ0v) is 27.2. The summed E-state index contributed by atoms with van der Waals surface area (Å²) in [5, 5.41) is 10.1. The predicted octanol–water partition coefficient (Wildman–Crippen LogP) is 9.96. The van der Waals surface area contributed by atoms with Gasteiger partial charge in [-0.2, -0.15) is 5.26 Å². The van der Waals surface area contributed by atoms with Crippen molar-refractivity contribution in [1.29, 1.82) is 5.26 Å². The number of nitriles is 1. The summed E-state index contributed by atoms with van der Waals surface area (Å²) in [4.78, 5) is 15.3. The van der Waals surface area contributed by atoms with Crippen LogP contribution in [0, 0.1) is 29.5 Å². The van der Waals surface area contributed by atoms with Gasteiger partial charge in [-0.05, 0) is 60.2 Å². The zero-order chi connectivity index (χ0) is 35.9. The van der Waals surface area contributed by atoms with Crippen LogP contribution in [-0.2, 0) is 14.8 Å². The summed E-state index contributed by atoms with van der Waals surface area (Å²) in [6, 6.07) is 21.9. The van der Waals surface area contributed by atoms with Gasteiger partial charge in [0.05, 0.1) is 41.4 Å². The number of nitrogens with zero attached hydrogens (tertiary/aromatic N) is 3. The standard InChI is InChI=1S/C37H20ClF4N3O4S/c1-44-31-8-4-7-23(19-43)33(31)34-28-16-24(39)11-14-32(28)45(50(47,48)25-12-9-20(10-13-25)36(41)42)35(34)22-6-3-5-21(15-22)26-18-30(40)27(17-29(26)38)37(46)49-2/h3-18,36H,2H3. The van der Waals surface area contributed by atoms with Crippen molar-refractivity contribution >= 4 is 44.2 Å². The molecule has 5 aromatic carbocycles. The molecule has 0 radical (unpaired) electrons. The molecular weight excluding hydrogens is 694 g/mol. The fourth-order valence-electron chi connectivity index (χ4n) is 5.75. The Hall–Kier alpha value is -5.95. The number of aromatic nitrogens is 1. The molecule has 0 atom stereocenters. The molecule has 0 N–H and O–H groups in total. The number of fused-ring (bicyclic) bond motifs is 1. The lowest BCUT2D eigenvalue weighted by atomic mass is 9.92. The Morgan fingerprint density at radius 1 is 0.940 bits per heavy atom. The minimum absolute atomic E-state index is 0.0126. The maximum Gasteiger partial charge on any atom is 0.340 e. The van der Waals surface area contributed by atoms with Crippen LogP contribution in [0.5, 0.6) is 0 Å². The average Bonchev–Trinajstić information content (AvgIpc) is 3.46. The van der Waals surface area contributed by atoms with E-state index in [-0.39, 0.29) is 65.6 Å². The molecule has 0 aliphatic carbocycles. The van der Waals surface area contributed by atoms with E-state index >= 15 is 8.78 Å². The fourth-order valence-corrected chi connectivity index (χ4v) is 7.57. The van der Waals surface area contributed by atoms with Crippen LogP contribution in [-0.4, -0.2) is 25.5 Å². The molecule has 0 aliphatic rings. The summed E-state index contributed by atoms with van der Waals surface area (Å²) in [5.41, 5.74) is -0.439. The third-order valence-electron chi connectivity index (χ3n) is 8.00. The average molecular weight is 714 g/mol. The van der Waals surface area contributed by atoms with Crippen LogP contribution in [0.1, 0.15) is 27.9 Å². The molecule has 6 rings (SSSR count). The maximum absolute atomic E-state index is 15.1. The summed E-state index contributed by atoms with van der Waals surface area (Å²) in [7, 11) is -3.60. The second-order valence-electron chi connectivity index (χ2n) is 10.8. The highest BCUT2D eigenvalue weighted by molar-refractivity contribution is 7.90. The summed E-state index contributed by atoms with van der Waals surface area (Å²) in [6.07, 6.45) is -2.86. The minimum atomic E-state index is -4.68. The first kappa shape index (κ1) is 33.9. The summed E-state index contributed by atoms with van der Waals surface area (Å²) >= 11 is 6.50. The molecule has 7 nitrogen and oxygen atoms in total. The van der Waals surface area contributed by atoms with Crippen molar-refractivity contribution in [3.63, 3.8) is 0 Å². The first-order valence-corrected chi connectivity index (χ1v) is 16.3. The lowest BCUT2D eigenvalue weighted by molar-refractivity contribution is 0.0595. The number of carbonyl (C=O) groups excluding carboxylic acids is 1. The Labute approximate surface area is 288 Å². The van der Waals surface area contributed by atoms with Crippen molar-refractivity contribution in [3.8, 4) is 39.6 Å². The first-order chi connectivity index (χ1) is 23.9. The maximum atomic E-state index is 15.1. The van der Waals surface area contributed by atoms with Crippen molar-refractivity contribution in [2.24, 2.45) is 0 Å². The molecule has 0 bridgehead atoms. The van der Waals surface area contributed by atoms with E-state index in [1.54, 1.807) is 6.07 Å². The van der Waals surface area contributed by atoms with Gasteiger partial charge in [0.15, 0.2) is 5.69 Å². The number of benzene rings is 5. The van der Waals surface area contributed by atoms with Gasteiger partial charge in [0, 0.05) is 43.8 Å². The highest BCUT2D eigenvalue weighted by atomic mass is 35.5. The van der Waals surface area contributed by atoms with Crippen LogP contribution >= 0.6 is 11.6 Å². The van der Waals surface area contributed by atoms with Crippen LogP contribution in [0.25, 0.3) is 49.3 Å². The molecule has 248 valence electrons. The molecular formula is C37H20ClF4N3O4S. The second kappa shape index (κ2) is 13.2. The molecule has 1 aromatic heterocycles. The smallest absolute Gasteiger partial charge is 0.340 e. The summed E-state index contributed by atoms with van der Waals surface area (Å²) in [5.74, 6) is -2.64. The number of ether oxygens (including phenoxy) is 1. The molecule has 0 spiro atoms. The Kier molecular flexibility index (Phi) is 8.93. The number of halogens is 5. The summed E-state index contributed by atoms with van der Waals surface area (Å²) in [6.45, 7) is 7.87. The zero-order valence-electron chi connectivity index (χ0n) is 25.6. The molecule has 50 heavy (non-hydrogen) atoms. The fraction of sp³-hybridized carbons (Fsp3) is 0.0541. The number of carbonyl (C=O) groups is 1. The number of esters is 1. The summed E-state index contributed by atoms with van der Waals surface area (Å²) < 4.78 is 91.6. The number of methoxy groups -OCH3 is 1. The van der Waals surface area contributed by atoms with Crippen LogP contribution in [0.4, 0.5) is 23.2 Å². The van der Waals surface area contributed by atoms with Gasteiger partial charge >= 0.3 is 5.97 Å². The van der Waals surface area contributed by atoms with Gasteiger partial charge in [0.2, 0.25) is 0 Å². The number of hydrogen-bond donors (Lipinski definition) is 0. The molecule has 0 aliphatic heterocycles. The minimum Gasteiger partial charge on any atom is -0.465 e. The van der Waals surface area contributed by atoms with Crippen molar-refractivity contribution < 1.29 is 35.5 Å². The van der Waals surface area contributed by atoms with Gasteiger partial charge in [0.25, 0.3) is 16.4 Å². The normalized spacial score (nSPS) is 11.4. The van der Waals surface area contributed by atoms with Gasteiger partial charge in [0.1, 0.15) is 11.6 Å². The molecule has 0 unspecified atom stereocenters. The number of hydrogen-bond acceptors (Lipinski definition) is 5. The van der Waals surface area contributed by atoms with E-state index in [9.17, 15) is 27.3 Å². The van der Waals surface area contributed by atoms with Crippen molar-refractivity contribution in [1.82, 2.24) is 3.97 Å². The molecule has 0 fully saturated rings. The highest BCUT2D eigenvalue weighted by Crippen LogP contribution is 2.48. The third-order valence-corrected chi connectivity index (χ3v) is 10.0. The molecule has 1 heterocycles. The Morgan fingerprint density at radius 2 is 1.64 bits per heavy atom. The Morgan fingerprint density at radius 3 is 2.30 bits per heavy atom. The van der Waals surface area contributed by atoms with Crippen molar-refractivity contribution in [2.75, 3.05) is 7.11 Å². The topological polar surface area (TPSA) is 93.5 Å². The molecule has 6 aromatic rings. The Bertz CT molecular complexity index is 2520. The lowest BCUT2D eigenvalue weighted by Crippen LogP contribution is -2.14. The molecule has 0 saturated carbocycles. The van der Waals surface area contributed by atoms with Gasteiger partial charge in [-0.15, -0.1) is 0 Å². The van der Waals surface area contributed by atoms with Gasteiger partial charge in [-0.1, -0.05) is 54.1 Å². The number of rotatable bonds is 7. The van der Waals surface area contributed by atoms with E-state index < -0.39 is 45.2 Å². The van der Waals surface area contributed by atoms with E-state index in [2.05, 4.69) is 9.58 Å². The first-order valence-electron chi connectivity index (χ1n) is 14.5. The van der Waals surface area contributed by atoms with Crippen LogP contribution in [0.2, 0.25) is 5.02 Å². The molecule has 13 heteroatoms. The van der Waals surface area contributed by atoms with E-state index in [1.165, 1.54) is 42.5 Å². The van der Waals surface area contributed by atoms with E-state index in [0.717, 1.165) is 59.6 Å². The van der Waals surface area contributed by atoms with Crippen molar-refractivity contribution in [2.45, 2.75) is 11.3 Å². The SMILES string of the molecule is [C-]#[N+]c1cccc(C#N)c1-c1c(-c2cccc(-c3cc(F)c(C(=O)OC)cc3Cl)c2)n(S(=O)(=O)c2ccc(C(F)F)cc2)c2ccc(F)cc12. The van der Waals surface area contributed by atoms with Crippen molar-refractivity contribution in [3.05, 3.63) is 142 Å². The van der Waals surface area contributed by atoms with E-state index in [4.69, 9.17) is 18.2 Å².